The van der Waals surface area contributed by atoms with E-state index in [0.717, 1.165) is 19.5 Å². The third-order valence-corrected chi connectivity index (χ3v) is 11.9. The van der Waals surface area contributed by atoms with E-state index in [1.54, 1.807) is 45.8 Å². The summed E-state index contributed by atoms with van der Waals surface area (Å²) in [7, 11) is 0. The number of amides is 5. The van der Waals surface area contributed by atoms with Gasteiger partial charge in [0.2, 0.25) is 29.6 Å². The molecule has 6 heterocycles. The van der Waals surface area contributed by atoms with Gasteiger partial charge in [-0.25, -0.2) is 9.97 Å². The van der Waals surface area contributed by atoms with Crippen LogP contribution in [0.2, 0.25) is 0 Å². The molecule has 0 radical (unpaired) electrons. The number of imidazole rings is 2. The second-order valence-electron chi connectivity index (χ2n) is 17.0. The average molecular weight is 905 g/mol. The van der Waals surface area contributed by atoms with Crippen molar-refractivity contribution in [1.29, 1.82) is 0 Å². The first-order chi connectivity index (χ1) is 31.7. The van der Waals surface area contributed by atoms with Gasteiger partial charge in [-0.2, -0.15) is 10.2 Å². The number of nitrogens with one attached hydrogen (secondary N) is 3. The van der Waals surface area contributed by atoms with Gasteiger partial charge in [-0.1, -0.05) is 6.92 Å². The van der Waals surface area contributed by atoms with E-state index in [4.69, 9.17) is 30.9 Å². The minimum Gasteiger partial charge on any atom is -0.491 e. The Balaban J connectivity index is 1.08. The van der Waals surface area contributed by atoms with Crippen molar-refractivity contribution < 1.29 is 33.4 Å². The summed E-state index contributed by atoms with van der Waals surface area (Å²) in [5.74, 6) is -0.451. The van der Waals surface area contributed by atoms with Gasteiger partial charge in [0, 0.05) is 43.9 Å². The smallest absolute Gasteiger partial charge is 0.276 e. The molecule has 6 aromatic rings. The van der Waals surface area contributed by atoms with E-state index in [1.165, 1.54) is 0 Å². The van der Waals surface area contributed by atoms with Crippen molar-refractivity contribution in [2.75, 3.05) is 50.0 Å². The Hall–Kier alpha value is -7.29. The van der Waals surface area contributed by atoms with Gasteiger partial charge in [-0.05, 0) is 102 Å². The Bertz CT molecular complexity index is 2850. The molecular weight excluding hydrogens is 849 g/mol. The molecule has 2 aliphatic rings. The molecule has 66 heavy (non-hydrogen) atoms. The predicted octanol–water partition coefficient (Wildman–Crippen LogP) is 3.78. The quantitative estimate of drug-likeness (QED) is 0.0728. The summed E-state index contributed by atoms with van der Waals surface area (Å²) in [6.45, 7) is 13.8. The van der Waals surface area contributed by atoms with Crippen LogP contribution in [0.25, 0.3) is 22.1 Å². The van der Waals surface area contributed by atoms with Crippen LogP contribution in [0.15, 0.2) is 36.4 Å². The highest BCUT2D eigenvalue weighted by atomic mass is 16.5. The number of likely N-dealkylation sites (tertiary alicyclic amines) is 1. The standard InChI is InChI=1S/C45H56N14O7/c1-6-57-33(16-26(4)53-57)42(63)51-44-49-31-18-28(40(46)61)20-35(65-15-9-12-48-37(60)23-55-14-11-25(3)22-55)38(31)56(44)13-8-10-30-24-66-36-21-29(41(47)62)19-32-39(36)59(30)45(50-32)52-43(64)34-17-27(5)54-58(34)7-2/h16-21,25,30H,6-15,22-24H2,1-5H3,(H2,46,61)(H2,47,62)(H,48,60)(H,49,51,63)(H,50,52,64)/t25-,30-/m0/s1. The topological polar surface area (TPSA) is 266 Å². The van der Waals surface area contributed by atoms with Gasteiger partial charge in [-0.15, -0.1) is 0 Å². The van der Waals surface area contributed by atoms with Gasteiger partial charge in [0.1, 0.15) is 40.5 Å². The molecule has 4 aromatic heterocycles. The number of nitrogens with two attached hydrogens (primary N) is 2. The molecule has 21 heteroatoms. The van der Waals surface area contributed by atoms with E-state index >= 15 is 0 Å². The van der Waals surface area contributed by atoms with Crippen molar-refractivity contribution in [3.63, 3.8) is 0 Å². The van der Waals surface area contributed by atoms with Crippen LogP contribution in [0, 0.1) is 19.8 Å². The number of anilines is 2. The monoisotopic (exact) mass is 904 g/mol. The largest absolute Gasteiger partial charge is 0.491 e. The zero-order valence-electron chi connectivity index (χ0n) is 37.8. The number of carbonyl (C=O) groups is 5. The lowest BCUT2D eigenvalue weighted by Crippen LogP contribution is -2.36. The normalized spacial score (nSPS) is 15.8. The van der Waals surface area contributed by atoms with Crippen LogP contribution in [-0.4, -0.2) is 112 Å². The summed E-state index contributed by atoms with van der Waals surface area (Å²) in [5.41, 5.74) is 15.8. The molecule has 21 nitrogen and oxygen atoms in total. The maximum Gasteiger partial charge on any atom is 0.276 e. The average Bonchev–Trinajstić information content (AvgIpc) is 4.12. The van der Waals surface area contributed by atoms with Crippen molar-refractivity contribution in [3.8, 4) is 11.5 Å². The first kappa shape index (κ1) is 45.3. The highest BCUT2D eigenvalue weighted by molar-refractivity contribution is 6.05. The number of rotatable bonds is 19. The number of primary amides is 2. The number of carbonyl (C=O) groups excluding carboxylic acids is 5. The van der Waals surface area contributed by atoms with Gasteiger partial charge in [0.15, 0.2) is 0 Å². The molecule has 0 bridgehead atoms. The van der Waals surface area contributed by atoms with Crippen molar-refractivity contribution in [3.05, 3.63) is 70.3 Å². The van der Waals surface area contributed by atoms with Crippen molar-refractivity contribution in [2.45, 2.75) is 86.0 Å². The summed E-state index contributed by atoms with van der Waals surface area (Å²) in [6.07, 6.45) is 2.52. The molecule has 2 aliphatic heterocycles. The Morgan fingerprint density at radius 2 is 1.44 bits per heavy atom. The molecule has 2 atom stereocenters. The van der Waals surface area contributed by atoms with Gasteiger partial charge >= 0.3 is 0 Å². The number of ether oxygens (including phenoxy) is 2. The van der Waals surface area contributed by atoms with E-state index < -0.39 is 23.6 Å². The van der Waals surface area contributed by atoms with E-state index in [2.05, 4.69) is 38.0 Å². The van der Waals surface area contributed by atoms with Gasteiger partial charge in [0.25, 0.3) is 11.8 Å². The fourth-order valence-electron chi connectivity index (χ4n) is 8.82. The van der Waals surface area contributed by atoms with E-state index in [0.29, 0.717) is 114 Å². The Labute approximate surface area is 380 Å². The van der Waals surface area contributed by atoms with Gasteiger partial charge in [0.05, 0.1) is 41.6 Å². The molecule has 0 unspecified atom stereocenters. The molecule has 348 valence electrons. The van der Waals surface area contributed by atoms with Gasteiger partial charge < -0.3 is 35.4 Å². The number of hydrogen-bond donors (Lipinski definition) is 5. The molecule has 2 aromatic carbocycles. The Morgan fingerprint density at radius 1 is 0.818 bits per heavy atom. The third kappa shape index (κ3) is 9.42. The molecule has 1 saturated heterocycles. The van der Waals surface area contributed by atoms with Crippen LogP contribution in [0.1, 0.15) is 106 Å². The van der Waals surface area contributed by atoms with Crippen LogP contribution in [0.4, 0.5) is 11.9 Å². The molecule has 8 rings (SSSR count). The first-order valence-corrected chi connectivity index (χ1v) is 22.4. The Kier molecular flexibility index (Phi) is 13.1. The highest BCUT2D eigenvalue weighted by Gasteiger charge is 2.30. The fourth-order valence-corrected chi connectivity index (χ4v) is 8.82. The number of nitrogens with zero attached hydrogens (tertiary/aromatic N) is 9. The van der Waals surface area contributed by atoms with Crippen LogP contribution in [0.5, 0.6) is 11.5 Å². The SMILES string of the molecule is CCn1nc(C)cc1C(=O)Nc1nc2cc(C(N)=O)cc(OCCCNC(=O)CN3CC[C@H](C)C3)c2n1CCC[C@H]1COc2cc(C(N)=O)cc3nc(NC(=O)c4cc(C)nn4CC)n1c23. The third-order valence-electron chi connectivity index (χ3n) is 11.9. The summed E-state index contributed by atoms with van der Waals surface area (Å²) < 4.78 is 19.6. The molecule has 5 amide bonds. The highest BCUT2D eigenvalue weighted by Crippen LogP contribution is 2.39. The molecule has 1 fully saturated rings. The molecule has 0 aliphatic carbocycles. The lowest BCUT2D eigenvalue weighted by atomic mass is 10.1. The van der Waals surface area contributed by atoms with Crippen molar-refractivity contribution >= 4 is 63.5 Å². The van der Waals surface area contributed by atoms with Crippen LogP contribution in [-0.2, 0) is 24.4 Å². The minimum atomic E-state index is -0.683. The number of benzene rings is 2. The second kappa shape index (κ2) is 19.0. The maximum absolute atomic E-state index is 13.9. The zero-order valence-corrected chi connectivity index (χ0v) is 37.8. The van der Waals surface area contributed by atoms with E-state index in [9.17, 15) is 24.0 Å². The first-order valence-electron chi connectivity index (χ1n) is 22.4. The molecule has 0 spiro atoms. The summed E-state index contributed by atoms with van der Waals surface area (Å²) in [4.78, 5) is 77.0. The van der Waals surface area contributed by atoms with Gasteiger partial charge in [-0.3, -0.25) is 48.9 Å². The molecular formula is C45H56N14O7. The number of aromatic nitrogens is 8. The van der Waals surface area contributed by atoms with E-state index in [1.807, 2.05) is 36.8 Å². The number of fused-ring (bicyclic) bond motifs is 1. The second-order valence-corrected chi connectivity index (χ2v) is 17.0. The van der Waals surface area contributed by atoms with Crippen molar-refractivity contribution in [2.24, 2.45) is 17.4 Å². The minimum absolute atomic E-state index is 0.0486. The van der Waals surface area contributed by atoms with Crippen molar-refractivity contribution in [1.82, 2.24) is 48.9 Å². The summed E-state index contributed by atoms with van der Waals surface area (Å²) in [6, 6.07) is 9.32. The summed E-state index contributed by atoms with van der Waals surface area (Å²) >= 11 is 0. The number of hydrogen-bond acceptors (Lipinski definition) is 12. The number of aryl methyl sites for hydroxylation is 5. The van der Waals surface area contributed by atoms with E-state index in [-0.39, 0.29) is 48.2 Å². The predicted molar refractivity (Wildman–Crippen MR) is 245 cm³/mol. The lowest BCUT2D eigenvalue weighted by Gasteiger charge is -2.27. The summed E-state index contributed by atoms with van der Waals surface area (Å²) in [5, 5.41) is 17.8. The Morgan fingerprint density at radius 3 is 2.06 bits per heavy atom. The fraction of sp³-hybridized carbons (Fsp3) is 0.444. The molecule has 0 saturated carbocycles. The van der Waals surface area contributed by atoms with Crippen LogP contribution < -0.4 is 36.9 Å². The molecule has 7 N–H and O–H groups in total. The van der Waals surface area contributed by atoms with Crippen LogP contribution in [0.3, 0.4) is 0 Å². The lowest BCUT2D eigenvalue weighted by molar-refractivity contribution is -0.122. The zero-order chi connectivity index (χ0) is 46.8. The van der Waals surface area contributed by atoms with Crippen LogP contribution >= 0.6 is 0 Å². The maximum atomic E-state index is 13.9.